The maximum absolute atomic E-state index is 13.0. The molecule has 0 fully saturated rings. The van der Waals surface area contributed by atoms with Crippen LogP contribution >= 0.6 is 0 Å². The fourth-order valence-electron chi connectivity index (χ4n) is 2.47. The molecule has 25 heavy (non-hydrogen) atoms. The summed E-state index contributed by atoms with van der Waals surface area (Å²) < 4.78 is 18.2. The Hall–Kier alpha value is -3.15. The molecule has 128 valence electrons. The van der Waals surface area contributed by atoms with Crippen LogP contribution in [-0.4, -0.2) is 22.2 Å². The third-order valence-electron chi connectivity index (χ3n) is 3.84. The van der Waals surface area contributed by atoms with Crippen molar-refractivity contribution in [2.24, 2.45) is 0 Å². The topological polar surface area (TPSA) is 67.3 Å². The number of ether oxygens (including phenoxy) is 1. The van der Waals surface area contributed by atoms with Crippen molar-refractivity contribution in [2.75, 3.05) is 12.4 Å². The molecular weight excluding hydrogens is 321 g/mol. The minimum absolute atomic E-state index is 0.0560. The van der Waals surface area contributed by atoms with Crippen LogP contribution < -0.4 is 10.1 Å². The third kappa shape index (κ3) is 3.85. The fourth-order valence-corrected chi connectivity index (χ4v) is 2.47. The number of phenolic OH excluding ortho intramolecular Hbond substituents is 1. The average Bonchev–Trinajstić information content (AvgIpc) is 2.63. The molecule has 0 amide bonds. The molecule has 0 aliphatic carbocycles. The number of nitrogens with zero attached hydrogens (tertiary/aromatic N) is 2. The van der Waals surface area contributed by atoms with E-state index in [1.54, 1.807) is 42.7 Å². The molecule has 3 aromatic rings. The van der Waals surface area contributed by atoms with Gasteiger partial charge in [-0.3, -0.25) is 4.98 Å². The summed E-state index contributed by atoms with van der Waals surface area (Å²) in [7, 11) is 1.49. The lowest BCUT2D eigenvalue weighted by Crippen LogP contribution is -2.08. The van der Waals surface area contributed by atoms with E-state index in [4.69, 9.17) is 4.74 Å². The number of hydrogen-bond acceptors (Lipinski definition) is 5. The van der Waals surface area contributed by atoms with Gasteiger partial charge >= 0.3 is 0 Å². The number of benzene rings is 2. The van der Waals surface area contributed by atoms with Crippen LogP contribution in [0.5, 0.6) is 11.5 Å². The second-order valence-corrected chi connectivity index (χ2v) is 5.59. The largest absolute Gasteiger partial charge is 0.504 e. The van der Waals surface area contributed by atoms with E-state index in [2.05, 4.69) is 15.3 Å². The molecule has 2 aromatic carbocycles. The Morgan fingerprint density at radius 2 is 1.88 bits per heavy atom. The molecule has 1 aromatic heterocycles. The Morgan fingerprint density at radius 1 is 1.12 bits per heavy atom. The van der Waals surface area contributed by atoms with Crippen LogP contribution in [0.2, 0.25) is 0 Å². The van der Waals surface area contributed by atoms with Gasteiger partial charge in [0, 0.05) is 11.6 Å². The van der Waals surface area contributed by atoms with E-state index in [1.165, 1.54) is 19.2 Å². The molecule has 0 aliphatic rings. The molecule has 0 radical (unpaired) electrons. The van der Waals surface area contributed by atoms with Gasteiger partial charge < -0.3 is 15.2 Å². The van der Waals surface area contributed by atoms with Gasteiger partial charge in [-0.2, -0.15) is 0 Å². The number of hydrogen-bond donors (Lipinski definition) is 2. The fraction of sp³-hybridized carbons (Fsp3) is 0.158. The number of anilines is 1. The SMILES string of the molecule is COc1cc(-c2cncc(NC(C)c3ccc(F)cc3)n2)ccc1O. The van der Waals surface area contributed by atoms with Crippen molar-refractivity contribution in [1.82, 2.24) is 9.97 Å². The number of nitrogens with one attached hydrogen (secondary N) is 1. The average molecular weight is 339 g/mol. The summed E-state index contributed by atoms with van der Waals surface area (Å²) in [4.78, 5) is 8.76. The predicted octanol–water partition coefficient (Wildman–Crippen LogP) is 4.17. The maximum Gasteiger partial charge on any atom is 0.161 e. The van der Waals surface area contributed by atoms with Gasteiger partial charge in [0.15, 0.2) is 11.5 Å². The lowest BCUT2D eigenvalue weighted by atomic mass is 10.1. The third-order valence-corrected chi connectivity index (χ3v) is 3.84. The van der Waals surface area contributed by atoms with Crippen LogP contribution in [0.1, 0.15) is 18.5 Å². The summed E-state index contributed by atoms with van der Waals surface area (Å²) in [5.74, 6) is 0.774. The Labute approximate surface area is 145 Å². The summed E-state index contributed by atoms with van der Waals surface area (Å²) in [6.45, 7) is 1.96. The van der Waals surface area contributed by atoms with Crippen molar-refractivity contribution < 1.29 is 14.2 Å². The molecular formula is C19H18FN3O2. The lowest BCUT2D eigenvalue weighted by Gasteiger charge is -2.15. The van der Waals surface area contributed by atoms with Crippen LogP contribution in [-0.2, 0) is 0 Å². The zero-order valence-corrected chi connectivity index (χ0v) is 13.9. The molecule has 6 heteroatoms. The molecule has 0 aliphatic heterocycles. The van der Waals surface area contributed by atoms with Gasteiger partial charge in [-0.1, -0.05) is 12.1 Å². The van der Waals surface area contributed by atoms with Crippen LogP contribution in [0.25, 0.3) is 11.3 Å². The Kier molecular flexibility index (Phi) is 4.79. The number of phenols is 1. The van der Waals surface area contributed by atoms with Crippen LogP contribution in [0.4, 0.5) is 10.2 Å². The van der Waals surface area contributed by atoms with Gasteiger partial charge in [0.05, 0.1) is 25.2 Å². The normalized spacial score (nSPS) is 11.8. The Bertz CT molecular complexity index is 869. The van der Waals surface area contributed by atoms with E-state index in [9.17, 15) is 9.50 Å². The molecule has 0 spiro atoms. The summed E-state index contributed by atoms with van der Waals surface area (Å²) in [5.41, 5.74) is 2.37. The molecule has 1 atom stereocenters. The second kappa shape index (κ2) is 7.17. The van der Waals surface area contributed by atoms with E-state index < -0.39 is 0 Å². The predicted molar refractivity (Wildman–Crippen MR) is 94.1 cm³/mol. The van der Waals surface area contributed by atoms with Crippen molar-refractivity contribution in [3.8, 4) is 22.8 Å². The van der Waals surface area contributed by atoms with Crippen molar-refractivity contribution in [2.45, 2.75) is 13.0 Å². The number of halogens is 1. The highest BCUT2D eigenvalue weighted by atomic mass is 19.1. The van der Waals surface area contributed by atoms with E-state index in [1.807, 2.05) is 6.92 Å². The lowest BCUT2D eigenvalue weighted by molar-refractivity contribution is 0.373. The molecule has 1 unspecified atom stereocenters. The first-order chi connectivity index (χ1) is 12.1. The van der Waals surface area contributed by atoms with E-state index in [-0.39, 0.29) is 17.6 Å². The summed E-state index contributed by atoms with van der Waals surface area (Å²) in [5, 5.41) is 13.0. The summed E-state index contributed by atoms with van der Waals surface area (Å²) >= 11 is 0. The first-order valence-corrected chi connectivity index (χ1v) is 7.78. The Balaban J connectivity index is 1.83. The smallest absolute Gasteiger partial charge is 0.161 e. The second-order valence-electron chi connectivity index (χ2n) is 5.59. The first-order valence-electron chi connectivity index (χ1n) is 7.78. The van der Waals surface area contributed by atoms with Crippen molar-refractivity contribution in [1.29, 1.82) is 0 Å². The molecule has 5 nitrogen and oxygen atoms in total. The van der Waals surface area contributed by atoms with Gasteiger partial charge in [0.2, 0.25) is 0 Å². The van der Waals surface area contributed by atoms with Crippen LogP contribution in [0, 0.1) is 5.82 Å². The number of aromatic nitrogens is 2. The van der Waals surface area contributed by atoms with Crippen LogP contribution in [0.3, 0.4) is 0 Å². The summed E-state index contributed by atoms with van der Waals surface area (Å²) in [6, 6.07) is 11.3. The molecule has 2 N–H and O–H groups in total. The Morgan fingerprint density at radius 3 is 2.60 bits per heavy atom. The van der Waals surface area contributed by atoms with Crippen molar-refractivity contribution in [3.05, 3.63) is 66.2 Å². The van der Waals surface area contributed by atoms with Gasteiger partial charge in [0.25, 0.3) is 0 Å². The van der Waals surface area contributed by atoms with Crippen molar-refractivity contribution >= 4 is 5.82 Å². The van der Waals surface area contributed by atoms with E-state index >= 15 is 0 Å². The number of rotatable bonds is 5. The van der Waals surface area contributed by atoms with E-state index in [0.29, 0.717) is 17.3 Å². The zero-order valence-electron chi connectivity index (χ0n) is 13.9. The molecule has 0 saturated carbocycles. The highest BCUT2D eigenvalue weighted by Crippen LogP contribution is 2.31. The highest BCUT2D eigenvalue weighted by Gasteiger charge is 2.10. The molecule has 0 saturated heterocycles. The zero-order chi connectivity index (χ0) is 17.8. The number of aromatic hydroxyl groups is 1. The monoisotopic (exact) mass is 339 g/mol. The quantitative estimate of drug-likeness (QED) is 0.730. The standard InChI is InChI=1S/C19H18FN3O2/c1-12(13-3-6-15(20)7-4-13)22-19-11-21-10-16(23-19)14-5-8-17(24)18(9-14)25-2/h3-12,24H,1-2H3,(H,22,23). The minimum atomic E-state index is -0.265. The first kappa shape index (κ1) is 16.7. The van der Waals surface area contributed by atoms with Crippen LogP contribution in [0.15, 0.2) is 54.9 Å². The van der Waals surface area contributed by atoms with Gasteiger partial charge in [0.1, 0.15) is 11.6 Å². The van der Waals surface area contributed by atoms with Crippen molar-refractivity contribution in [3.63, 3.8) is 0 Å². The van der Waals surface area contributed by atoms with Gasteiger partial charge in [-0.25, -0.2) is 9.37 Å². The molecule has 3 rings (SSSR count). The van der Waals surface area contributed by atoms with Gasteiger partial charge in [-0.05, 0) is 42.8 Å². The van der Waals surface area contributed by atoms with Gasteiger partial charge in [-0.15, -0.1) is 0 Å². The maximum atomic E-state index is 13.0. The molecule has 1 heterocycles. The minimum Gasteiger partial charge on any atom is -0.504 e. The summed E-state index contributed by atoms with van der Waals surface area (Å²) in [6.07, 6.45) is 3.26. The van der Waals surface area contributed by atoms with E-state index in [0.717, 1.165) is 11.1 Å². The highest BCUT2D eigenvalue weighted by molar-refractivity contribution is 5.64. The number of methoxy groups -OCH3 is 1. The molecule has 0 bridgehead atoms.